The monoisotopic (exact) mass is 337 g/mol. The maximum absolute atomic E-state index is 12.5. The molecule has 1 aliphatic rings. The lowest BCUT2D eigenvalue weighted by Gasteiger charge is -2.23. The minimum Gasteiger partial charge on any atom is -0.452 e. The number of hydrogen-bond acceptors (Lipinski definition) is 4. The molecule has 6 heteroatoms. The molecule has 5 nitrogen and oxygen atoms in total. The van der Waals surface area contributed by atoms with E-state index in [1.54, 1.807) is 18.2 Å². The van der Waals surface area contributed by atoms with Crippen LogP contribution in [0.3, 0.4) is 0 Å². The summed E-state index contributed by atoms with van der Waals surface area (Å²) in [5.74, 6) is -0.295. The number of benzene rings is 1. The van der Waals surface area contributed by atoms with Crippen LogP contribution in [-0.4, -0.2) is 31.3 Å². The molecule has 1 saturated carbocycles. The van der Waals surface area contributed by atoms with Gasteiger partial charge < -0.3 is 4.74 Å². The van der Waals surface area contributed by atoms with Gasteiger partial charge in [-0.15, -0.1) is 0 Å². The number of Topliss-reactive ketones (excluding diaryl/α,β-unsaturated/α-hetero) is 2. The summed E-state index contributed by atoms with van der Waals surface area (Å²) in [6, 6.07) is 4.70. The fourth-order valence-electron chi connectivity index (χ4n) is 2.41. The second-order valence-corrected chi connectivity index (χ2v) is 6.06. The minimum atomic E-state index is -0.559. The molecule has 1 fully saturated rings. The number of ether oxygens (including phenoxy) is 1. The third-order valence-corrected chi connectivity index (χ3v) is 4.00. The molecule has 0 N–H and O–H groups in total. The van der Waals surface area contributed by atoms with Crippen LogP contribution in [0.5, 0.6) is 0 Å². The Labute approximate surface area is 140 Å². The zero-order valence-electron chi connectivity index (χ0n) is 13.3. The second kappa shape index (κ2) is 7.59. The summed E-state index contributed by atoms with van der Waals surface area (Å²) in [5, 5.41) is 0.412. The van der Waals surface area contributed by atoms with E-state index < -0.39 is 6.09 Å². The van der Waals surface area contributed by atoms with Gasteiger partial charge in [-0.3, -0.25) is 14.5 Å². The molecule has 0 heterocycles. The predicted molar refractivity (Wildman–Crippen MR) is 88.2 cm³/mol. The van der Waals surface area contributed by atoms with Crippen molar-refractivity contribution in [3.8, 4) is 0 Å². The number of rotatable bonds is 7. The Morgan fingerprint density at radius 2 is 2.00 bits per heavy atom. The summed E-state index contributed by atoms with van der Waals surface area (Å²) < 4.78 is 4.79. The van der Waals surface area contributed by atoms with Gasteiger partial charge in [0.1, 0.15) is 5.78 Å². The van der Waals surface area contributed by atoms with E-state index in [4.69, 9.17) is 16.3 Å². The molecule has 0 unspecified atom stereocenters. The van der Waals surface area contributed by atoms with Crippen LogP contribution in [0.25, 0.3) is 0 Å². The molecule has 0 aliphatic heterocycles. The van der Waals surface area contributed by atoms with Crippen molar-refractivity contribution in [1.29, 1.82) is 0 Å². The molecule has 0 saturated heterocycles. The fraction of sp³-hybridized carbons (Fsp3) is 0.471. The highest BCUT2D eigenvalue weighted by Gasteiger charge is 2.32. The van der Waals surface area contributed by atoms with Crippen molar-refractivity contribution in [1.82, 2.24) is 0 Å². The summed E-state index contributed by atoms with van der Waals surface area (Å²) in [5.41, 5.74) is 0.710. The van der Waals surface area contributed by atoms with E-state index in [-0.39, 0.29) is 23.9 Å². The smallest absolute Gasteiger partial charge is 0.414 e. The highest BCUT2D eigenvalue weighted by Crippen LogP contribution is 2.32. The van der Waals surface area contributed by atoms with Gasteiger partial charge in [-0.1, -0.05) is 18.5 Å². The summed E-state index contributed by atoms with van der Waals surface area (Å²) >= 11 is 6.02. The van der Waals surface area contributed by atoms with Crippen molar-refractivity contribution in [2.45, 2.75) is 32.6 Å². The average molecular weight is 338 g/mol. The van der Waals surface area contributed by atoms with Crippen LogP contribution in [0.2, 0.25) is 5.02 Å². The van der Waals surface area contributed by atoms with Gasteiger partial charge in [-0.2, -0.15) is 0 Å². The molecule has 1 aromatic carbocycles. The van der Waals surface area contributed by atoms with Gasteiger partial charge >= 0.3 is 6.09 Å². The van der Waals surface area contributed by atoms with E-state index in [9.17, 15) is 14.4 Å². The molecular formula is C17H20ClNO4. The van der Waals surface area contributed by atoms with Crippen LogP contribution in [0.1, 0.15) is 43.0 Å². The van der Waals surface area contributed by atoms with Gasteiger partial charge in [0.05, 0.1) is 19.2 Å². The summed E-state index contributed by atoms with van der Waals surface area (Å²) in [4.78, 5) is 37.8. The highest BCUT2D eigenvalue weighted by molar-refractivity contribution is 6.31. The molecule has 1 amide bonds. The van der Waals surface area contributed by atoms with Crippen molar-refractivity contribution >= 4 is 34.9 Å². The van der Waals surface area contributed by atoms with Gasteiger partial charge in [-0.05, 0) is 37.5 Å². The SMILES string of the molecule is CCCN(C(=O)OC)c1cc(Cl)ccc1C(=O)CC(=O)C1CC1. The van der Waals surface area contributed by atoms with Crippen molar-refractivity contribution in [3.63, 3.8) is 0 Å². The van der Waals surface area contributed by atoms with Gasteiger partial charge in [0, 0.05) is 23.0 Å². The van der Waals surface area contributed by atoms with Gasteiger partial charge in [0.25, 0.3) is 0 Å². The van der Waals surface area contributed by atoms with Crippen molar-refractivity contribution in [3.05, 3.63) is 28.8 Å². The number of carbonyl (C=O) groups excluding carboxylic acids is 3. The lowest BCUT2D eigenvalue weighted by molar-refractivity contribution is -0.119. The summed E-state index contributed by atoms with van der Waals surface area (Å²) in [6.07, 6.45) is 1.72. The topological polar surface area (TPSA) is 63.7 Å². The summed E-state index contributed by atoms with van der Waals surface area (Å²) in [6.45, 7) is 2.31. The molecule has 2 rings (SSSR count). The Morgan fingerprint density at radius 3 is 2.57 bits per heavy atom. The lowest BCUT2D eigenvalue weighted by Crippen LogP contribution is -2.33. The third-order valence-electron chi connectivity index (χ3n) is 3.76. The normalized spacial score (nSPS) is 13.5. The van der Waals surface area contributed by atoms with Crippen LogP contribution in [-0.2, 0) is 9.53 Å². The number of halogens is 1. The molecule has 0 radical (unpaired) electrons. The highest BCUT2D eigenvalue weighted by atomic mass is 35.5. The van der Waals surface area contributed by atoms with Gasteiger partial charge in [0.2, 0.25) is 0 Å². The maximum atomic E-state index is 12.5. The second-order valence-electron chi connectivity index (χ2n) is 5.62. The average Bonchev–Trinajstić information content (AvgIpc) is 3.36. The Kier molecular flexibility index (Phi) is 5.77. The van der Waals surface area contributed by atoms with Crippen molar-refractivity contribution < 1.29 is 19.1 Å². The van der Waals surface area contributed by atoms with Crippen LogP contribution >= 0.6 is 11.6 Å². The lowest BCUT2D eigenvalue weighted by atomic mass is 10.0. The molecule has 0 spiro atoms. The molecule has 1 aromatic rings. The Morgan fingerprint density at radius 1 is 1.30 bits per heavy atom. The molecule has 0 aromatic heterocycles. The number of methoxy groups -OCH3 is 1. The number of ketones is 2. The first kappa shape index (κ1) is 17.5. The van der Waals surface area contributed by atoms with E-state index in [1.165, 1.54) is 12.0 Å². The third kappa shape index (κ3) is 4.32. The Hall–Kier alpha value is -1.88. The van der Waals surface area contributed by atoms with Crippen LogP contribution < -0.4 is 4.90 Å². The fourth-order valence-corrected chi connectivity index (χ4v) is 2.58. The largest absolute Gasteiger partial charge is 0.452 e. The van der Waals surface area contributed by atoms with Crippen LogP contribution in [0, 0.1) is 5.92 Å². The maximum Gasteiger partial charge on any atom is 0.414 e. The Bertz CT molecular complexity index is 625. The summed E-state index contributed by atoms with van der Waals surface area (Å²) in [7, 11) is 1.29. The number of hydrogen-bond donors (Lipinski definition) is 0. The minimum absolute atomic E-state index is 0.0297. The number of carbonyl (C=O) groups is 3. The quantitative estimate of drug-likeness (QED) is 0.559. The van der Waals surface area contributed by atoms with Gasteiger partial charge in [-0.25, -0.2) is 4.79 Å². The number of anilines is 1. The van der Waals surface area contributed by atoms with E-state index in [2.05, 4.69) is 0 Å². The first-order chi connectivity index (χ1) is 11.0. The number of nitrogens with zero attached hydrogens (tertiary/aromatic N) is 1. The van der Waals surface area contributed by atoms with Crippen LogP contribution in [0.4, 0.5) is 10.5 Å². The van der Waals surface area contributed by atoms with E-state index in [1.807, 2.05) is 6.92 Å². The first-order valence-electron chi connectivity index (χ1n) is 7.68. The van der Waals surface area contributed by atoms with Crippen molar-refractivity contribution in [2.75, 3.05) is 18.6 Å². The molecule has 0 atom stereocenters. The van der Waals surface area contributed by atoms with E-state index in [0.29, 0.717) is 29.2 Å². The molecular weight excluding hydrogens is 318 g/mol. The first-order valence-corrected chi connectivity index (χ1v) is 8.06. The molecule has 1 aliphatic carbocycles. The molecule has 124 valence electrons. The predicted octanol–water partition coefficient (Wildman–Crippen LogP) is 3.87. The van der Waals surface area contributed by atoms with E-state index in [0.717, 1.165) is 12.8 Å². The molecule has 0 bridgehead atoms. The number of amides is 1. The van der Waals surface area contributed by atoms with Crippen molar-refractivity contribution in [2.24, 2.45) is 5.92 Å². The zero-order valence-corrected chi connectivity index (χ0v) is 14.1. The Balaban J connectivity index is 2.32. The van der Waals surface area contributed by atoms with Gasteiger partial charge in [0.15, 0.2) is 5.78 Å². The molecule has 23 heavy (non-hydrogen) atoms. The van der Waals surface area contributed by atoms with Crippen LogP contribution in [0.15, 0.2) is 18.2 Å². The standard InChI is InChI=1S/C17H20ClNO4/c1-3-8-19(17(22)23-2)14-9-12(18)6-7-13(14)16(21)10-15(20)11-4-5-11/h6-7,9,11H,3-5,8,10H2,1-2H3. The van der Waals surface area contributed by atoms with E-state index >= 15 is 0 Å². The zero-order chi connectivity index (χ0) is 17.0.